The van der Waals surface area contributed by atoms with Gasteiger partial charge in [-0.05, 0) is 44.6 Å². The molecule has 0 atom stereocenters. The molecule has 3 rings (SSSR count). The molecule has 1 aliphatic heterocycles. The zero-order valence-corrected chi connectivity index (χ0v) is 16.0. The summed E-state index contributed by atoms with van der Waals surface area (Å²) in [4.78, 5) is 26.8. The minimum Gasteiger partial charge on any atom is -0.353 e. The summed E-state index contributed by atoms with van der Waals surface area (Å²) in [5.74, 6) is 0.703. The molecule has 1 N–H and O–H groups in total. The molecule has 1 heterocycles. The van der Waals surface area contributed by atoms with Crippen LogP contribution in [0.15, 0.2) is 24.3 Å². The Labute approximate surface area is 157 Å². The van der Waals surface area contributed by atoms with Gasteiger partial charge < -0.3 is 10.2 Å². The number of hydrogen-bond acceptors (Lipinski definition) is 2. The Morgan fingerprint density at radius 3 is 2.31 bits per heavy atom. The summed E-state index contributed by atoms with van der Waals surface area (Å²) >= 11 is 0. The van der Waals surface area contributed by atoms with Crippen LogP contribution in [0.1, 0.15) is 62.5 Å². The summed E-state index contributed by atoms with van der Waals surface area (Å²) in [5, 5.41) is 3.23. The van der Waals surface area contributed by atoms with Crippen molar-refractivity contribution in [3.8, 4) is 0 Å². The van der Waals surface area contributed by atoms with Gasteiger partial charge in [-0.25, -0.2) is 0 Å². The fourth-order valence-corrected chi connectivity index (χ4v) is 4.12. The molecule has 26 heavy (non-hydrogen) atoms. The number of likely N-dealkylation sites (tertiary alicyclic amines) is 1. The summed E-state index contributed by atoms with van der Waals surface area (Å²) in [5.41, 5.74) is 2.47. The molecule has 1 saturated heterocycles. The maximum Gasteiger partial charge on any atom is 0.223 e. The second-order valence-electron chi connectivity index (χ2n) is 7.98. The fraction of sp³-hybridized carbons (Fsp3) is 0.636. The van der Waals surface area contributed by atoms with Crippen LogP contribution in [0.4, 0.5) is 0 Å². The Bertz CT molecular complexity index is 597. The molecule has 0 spiro atoms. The van der Waals surface area contributed by atoms with E-state index in [1.54, 1.807) is 0 Å². The Morgan fingerprint density at radius 1 is 1.00 bits per heavy atom. The van der Waals surface area contributed by atoms with Crippen molar-refractivity contribution in [3.05, 3.63) is 35.4 Å². The quantitative estimate of drug-likeness (QED) is 0.876. The lowest BCUT2D eigenvalue weighted by Crippen LogP contribution is -2.48. The number of nitrogens with zero attached hydrogens (tertiary/aromatic N) is 1. The van der Waals surface area contributed by atoms with Gasteiger partial charge in [-0.3, -0.25) is 9.59 Å². The van der Waals surface area contributed by atoms with E-state index in [1.165, 1.54) is 30.4 Å². The number of piperidine rings is 1. The highest BCUT2D eigenvalue weighted by atomic mass is 16.2. The summed E-state index contributed by atoms with van der Waals surface area (Å²) in [6, 6.07) is 8.65. The normalized spacial score (nSPS) is 19.3. The number of amides is 2. The third-order valence-corrected chi connectivity index (χ3v) is 5.92. The molecule has 2 amide bonds. The zero-order chi connectivity index (χ0) is 18.4. The van der Waals surface area contributed by atoms with Crippen molar-refractivity contribution in [2.24, 2.45) is 5.92 Å². The smallest absolute Gasteiger partial charge is 0.223 e. The third-order valence-electron chi connectivity index (χ3n) is 5.92. The van der Waals surface area contributed by atoms with Gasteiger partial charge >= 0.3 is 0 Å². The minimum atomic E-state index is 0.220. The van der Waals surface area contributed by atoms with Gasteiger partial charge in [-0.1, -0.05) is 49.1 Å². The molecule has 1 aromatic carbocycles. The van der Waals surface area contributed by atoms with E-state index in [9.17, 15) is 9.59 Å². The maximum absolute atomic E-state index is 12.5. The van der Waals surface area contributed by atoms with Crippen LogP contribution in [0, 0.1) is 12.8 Å². The molecule has 0 unspecified atom stereocenters. The molecule has 1 aliphatic carbocycles. The number of benzene rings is 1. The van der Waals surface area contributed by atoms with Crippen molar-refractivity contribution < 1.29 is 9.59 Å². The second kappa shape index (κ2) is 9.20. The number of hydrogen-bond donors (Lipinski definition) is 1. The van der Waals surface area contributed by atoms with Crippen LogP contribution in [0.2, 0.25) is 0 Å². The van der Waals surface area contributed by atoms with Gasteiger partial charge in [0.1, 0.15) is 0 Å². The van der Waals surface area contributed by atoms with Gasteiger partial charge in [0.2, 0.25) is 11.8 Å². The molecular formula is C22H32N2O2. The number of rotatable bonds is 5. The molecule has 142 valence electrons. The highest BCUT2D eigenvalue weighted by molar-refractivity contribution is 5.79. The average Bonchev–Trinajstić information content (AvgIpc) is 2.68. The lowest BCUT2D eigenvalue weighted by molar-refractivity contribution is -0.132. The summed E-state index contributed by atoms with van der Waals surface area (Å²) in [6.45, 7) is 3.61. The highest BCUT2D eigenvalue weighted by Crippen LogP contribution is 2.24. The van der Waals surface area contributed by atoms with Crippen LogP contribution in [-0.2, 0) is 16.0 Å². The predicted molar refractivity (Wildman–Crippen MR) is 104 cm³/mol. The number of nitrogens with one attached hydrogen (secondary N) is 1. The molecule has 2 aliphatic rings. The molecule has 0 radical (unpaired) electrons. The molecule has 0 bridgehead atoms. The van der Waals surface area contributed by atoms with E-state index in [-0.39, 0.29) is 23.8 Å². The monoisotopic (exact) mass is 356 g/mol. The van der Waals surface area contributed by atoms with Crippen LogP contribution in [0.3, 0.4) is 0 Å². The summed E-state index contributed by atoms with van der Waals surface area (Å²) in [7, 11) is 0. The van der Waals surface area contributed by atoms with Crippen LogP contribution < -0.4 is 5.32 Å². The van der Waals surface area contributed by atoms with Gasteiger partial charge in [0, 0.05) is 31.5 Å². The van der Waals surface area contributed by atoms with Gasteiger partial charge in [0.15, 0.2) is 0 Å². The molecular weight excluding hydrogens is 324 g/mol. The molecule has 2 fully saturated rings. The number of carbonyl (C=O) groups excluding carboxylic acids is 2. The van der Waals surface area contributed by atoms with E-state index in [0.717, 1.165) is 45.2 Å². The fourth-order valence-electron chi connectivity index (χ4n) is 4.12. The number of carbonyl (C=O) groups is 2. The van der Waals surface area contributed by atoms with Crippen LogP contribution >= 0.6 is 0 Å². The van der Waals surface area contributed by atoms with Crippen molar-refractivity contribution in [1.82, 2.24) is 10.2 Å². The highest BCUT2D eigenvalue weighted by Gasteiger charge is 2.27. The van der Waals surface area contributed by atoms with Crippen molar-refractivity contribution >= 4 is 11.8 Å². The Hall–Kier alpha value is -1.84. The SMILES string of the molecule is Cc1ccc(CCC(=O)N2CCC(NC(=O)C3CCCCC3)CC2)cc1. The van der Waals surface area contributed by atoms with Crippen molar-refractivity contribution in [2.75, 3.05) is 13.1 Å². The Morgan fingerprint density at radius 2 is 1.65 bits per heavy atom. The predicted octanol–water partition coefficient (Wildman–Crippen LogP) is 3.62. The molecule has 4 heteroatoms. The van der Waals surface area contributed by atoms with E-state index in [2.05, 4.69) is 36.5 Å². The lowest BCUT2D eigenvalue weighted by Gasteiger charge is -2.33. The van der Waals surface area contributed by atoms with E-state index in [4.69, 9.17) is 0 Å². The second-order valence-corrected chi connectivity index (χ2v) is 7.98. The third kappa shape index (κ3) is 5.33. The van der Waals surface area contributed by atoms with Gasteiger partial charge in [0.05, 0.1) is 0 Å². The molecule has 4 nitrogen and oxygen atoms in total. The van der Waals surface area contributed by atoms with Crippen molar-refractivity contribution in [1.29, 1.82) is 0 Å². The van der Waals surface area contributed by atoms with E-state index in [1.807, 2.05) is 4.90 Å². The Kier molecular flexibility index (Phi) is 6.70. The van der Waals surface area contributed by atoms with E-state index < -0.39 is 0 Å². The standard InChI is InChI=1S/C22H32N2O2/c1-17-7-9-18(10-8-17)11-12-21(25)24-15-13-20(14-16-24)23-22(26)19-5-3-2-4-6-19/h7-10,19-20H,2-6,11-16H2,1H3,(H,23,26). The van der Waals surface area contributed by atoms with Gasteiger partial charge in [-0.2, -0.15) is 0 Å². The minimum absolute atomic E-state index is 0.220. The van der Waals surface area contributed by atoms with E-state index in [0.29, 0.717) is 6.42 Å². The summed E-state index contributed by atoms with van der Waals surface area (Å²) < 4.78 is 0. The first-order chi connectivity index (χ1) is 12.6. The van der Waals surface area contributed by atoms with Gasteiger partial charge in [0.25, 0.3) is 0 Å². The van der Waals surface area contributed by atoms with E-state index >= 15 is 0 Å². The first-order valence-corrected chi connectivity index (χ1v) is 10.3. The first-order valence-electron chi connectivity index (χ1n) is 10.3. The van der Waals surface area contributed by atoms with Crippen molar-refractivity contribution in [2.45, 2.75) is 70.8 Å². The zero-order valence-electron chi connectivity index (χ0n) is 16.0. The first kappa shape index (κ1) is 18.9. The molecule has 1 saturated carbocycles. The lowest BCUT2D eigenvalue weighted by atomic mass is 9.88. The molecule has 1 aromatic rings. The average molecular weight is 357 g/mol. The topological polar surface area (TPSA) is 49.4 Å². The van der Waals surface area contributed by atoms with Crippen LogP contribution in [-0.4, -0.2) is 35.8 Å². The van der Waals surface area contributed by atoms with Crippen molar-refractivity contribution in [3.63, 3.8) is 0 Å². The summed E-state index contributed by atoms with van der Waals surface area (Å²) in [6.07, 6.45) is 8.87. The van der Waals surface area contributed by atoms with Gasteiger partial charge in [-0.15, -0.1) is 0 Å². The Balaban J connectivity index is 1.38. The van der Waals surface area contributed by atoms with Crippen LogP contribution in [0.5, 0.6) is 0 Å². The van der Waals surface area contributed by atoms with Crippen LogP contribution in [0.25, 0.3) is 0 Å². The maximum atomic E-state index is 12.5. The number of aryl methyl sites for hydroxylation is 2. The molecule has 0 aromatic heterocycles. The largest absolute Gasteiger partial charge is 0.353 e.